The van der Waals surface area contributed by atoms with Crippen molar-refractivity contribution in [2.24, 2.45) is 0 Å². The summed E-state index contributed by atoms with van der Waals surface area (Å²) in [6.07, 6.45) is -0.694. The van der Waals surface area contributed by atoms with E-state index >= 15 is 0 Å². The summed E-state index contributed by atoms with van der Waals surface area (Å²) in [6.45, 7) is 1.54. The Morgan fingerprint density at radius 2 is 2.29 bits per heavy atom. The highest BCUT2D eigenvalue weighted by atomic mass is 35.5. The van der Waals surface area contributed by atoms with Gasteiger partial charge in [-0.25, -0.2) is 4.39 Å². The largest absolute Gasteiger partial charge is 0.372 e. The quantitative estimate of drug-likeness (QED) is 0.903. The van der Waals surface area contributed by atoms with Gasteiger partial charge in [-0.2, -0.15) is 5.26 Å². The van der Waals surface area contributed by atoms with E-state index in [1.807, 2.05) is 6.07 Å². The van der Waals surface area contributed by atoms with Gasteiger partial charge in [0.2, 0.25) is 0 Å². The number of amides is 1. The Balaban J connectivity index is 3.03. The van der Waals surface area contributed by atoms with E-state index in [-0.39, 0.29) is 16.3 Å². The molecule has 0 spiro atoms. The van der Waals surface area contributed by atoms with Gasteiger partial charge in [-0.1, -0.05) is 11.6 Å². The molecule has 1 N–H and O–H groups in total. The van der Waals surface area contributed by atoms with Crippen LogP contribution in [0.5, 0.6) is 0 Å². The topological polar surface area (TPSA) is 62.1 Å². The molecule has 0 heterocycles. The maximum absolute atomic E-state index is 13.2. The summed E-state index contributed by atoms with van der Waals surface area (Å²) < 4.78 is 18.0. The van der Waals surface area contributed by atoms with Crippen molar-refractivity contribution >= 4 is 23.2 Å². The lowest BCUT2D eigenvalue weighted by Gasteiger charge is -2.11. The summed E-state index contributed by atoms with van der Waals surface area (Å²) in [5.41, 5.74) is 0.163. The second-order valence-corrected chi connectivity index (χ2v) is 3.70. The monoisotopic (exact) mass is 256 g/mol. The number of hydrogen-bond donors (Lipinski definition) is 1. The van der Waals surface area contributed by atoms with Crippen LogP contribution in [0.15, 0.2) is 12.1 Å². The van der Waals surface area contributed by atoms with Crippen molar-refractivity contribution in [2.45, 2.75) is 13.0 Å². The Morgan fingerprint density at radius 1 is 1.65 bits per heavy atom. The lowest BCUT2D eigenvalue weighted by atomic mass is 10.2. The molecule has 0 saturated carbocycles. The summed E-state index contributed by atoms with van der Waals surface area (Å²) >= 11 is 5.53. The molecule has 0 aliphatic rings. The van der Waals surface area contributed by atoms with Crippen molar-refractivity contribution in [2.75, 3.05) is 12.4 Å². The number of benzene rings is 1. The fourth-order valence-corrected chi connectivity index (χ4v) is 1.25. The zero-order valence-corrected chi connectivity index (χ0v) is 10.0. The van der Waals surface area contributed by atoms with Crippen molar-refractivity contribution in [3.8, 4) is 6.07 Å². The van der Waals surface area contributed by atoms with E-state index in [1.165, 1.54) is 14.0 Å². The van der Waals surface area contributed by atoms with Crippen LogP contribution in [0.3, 0.4) is 0 Å². The molecule has 0 aliphatic heterocycles. The first-order chi connectivity index (χ1) is 7.99. The Hall–Kier alpha value is -1.64. The second kappa shape index (κ2) is 5.62. The number of nitriles is 1. The molecule has 90 valence electrons. The van der Waals surface area contributed by atoms with Crippen molar-refractivity contribution < 1.29 is 13.9 Å². The van der Waals surface area contributed by atoms with Crippen molar-refractivity contribution in [3.05, 3.63) is 28.5 Å². The van der Waals surface area contributed by atoms with Gasteiger partial charge in [-0.3, -0.25) is 4.79 Å². The van der Waals surface area contributed by atoms with Gasteiger partial charge in [0.15, 0.2) is 0 Å². The fraction of sp³-hybridized carbons (Fsp3) is 0.273. The molecule has 4 nitrogen and oxygen atoms in total. The van der Waals surface area contributed by atoms with E-state index in [0.717, 1.165) is 12.1 Å². The molecule has 1 atom stereocenters. The summed E-state index contributed by atoms with van der Waals surface area (Å²) in [5.74, 6) is -1.17. The highest BCUT2D eigenvalue weighted by Gasteiger charge is 2.15. The molecular weight excluding hydrogens is 247 g/mol. The first kappa shape index (κ1) is 13.4. The minimum Gasteiger partial charge on any atom is -0.372 e. The predicted molar refractivity (Wildman–Crippen MR) is 61.2 cm³/mol. The van der Waals surface area contributed by atoms with E-state index in [2.05, 4.69) is 5.32 Å². The number of carbonyl (C=O) groups excluding carboxylic acids is 1. The Kier molecular flexibility index (Phi) is 4.44. The molecule has 6 heteroatoms. The van der Waals surface area contributed by atoms with Crippen LogP contribution < -0.4 is 5.32 Å². The van der Waals surface area contributed by atoms with Crippen LogP contribution in [0, 0.1) is 17.1 Å². The SMILES string of the molecule is COC(C)C(=O)Nc1cc(F)c(Cl)cc1C#N. The number of nitrogens with one attached hydrogen (secondary N) is 1. The van der Waals surface area contributed by atoms with Crippen LogP contribution in [0.2, 0.25) is 5.02 Å². The normalized spacial score (nSPS) is 11.7. The number of ether oxygens (including phenoxy) is 1. The molecule has 0 aromatic heterocycles. The van der Waals surface area contributed by atoms with Crippen LogP contribution >= 0.6 is 11.6 Å². The van der Waals surface area contributed by atoms with Gasteiger partial charge in [-0.05, 0) is 13.0 Å². The van der Waals surface area contributed by atoms with Crippen molar-refractivity contribution in [1.82, 2.24) is 0 Å². The van der Waals surface area contributed by atoms with Crippen molar-refractivity contribution in [1.29, 1.82) is 5.26 Å². The van der Waals surface area contributed by atoms with Crippen LogP contribution in [-0.4, -0.2) is 19.1 Å². The van der Waals surface area contributed by atoms with E-state index in [4.69, 9.17) is 21.6 Å². The van der Waals surface area contributed by atoms with Gasteiger partial charge < -0.3 is 10.1 Å². The minimum absolute atomic E-state index is 0.0725. The molecule has 17 heavy (non-hydrogen) atoms. The lowest BCUT2D eigenvalue weighted by molar-refractivity contribution is -0.124. The lowest BCUT2D eigenvalue weighted by Crippen LogP contribution is -2.26. The van der Waals surface area contributed by atoms with E-state index < -0.39 is 17.8 Å². The van der Waals surface area contributed by atoms with Gasteiger partial charge in [0.1, 0.15) is 18.0 Å². The number of nitrogens with zero attached hydrogens (tertiary/aromatic N) is 1. The molecule has 0 aliphatic carbocycles. The third-order valence-electron chi connectivity index (χ3n) is 2.16. The fourth-order valence-electron chi connectivity index (χ4n) is 1.08. The standard InChI is InChI=1S/C11H10ClFN2O2/c1-6(17-2)11(16)15-10-4-9(13)8(12)3-7(10)5-14/h3-4,6H,1-2H3,(H,15,16). The molecule has 1 amide bonds. The summed E-state index contributed by atoms with van der Waals surface area (Å²) in [4.78, 5) is 11.5. The maximum atomic E-state index is 13.2. The molecule has 1 unspecified atom stereocenters. The van der Waals surface area contributed by atoms with Gasteiger partial charge in [-0.15, -0.1) is 0 Å². The molecule has 0 bridgehead atoms. The van der Waals surface area contributed by atoms with E-state index in [1.54, 1.807) is 0 Å². The van der Waals surface area contributed by atoms with E-state index in [9.17, 15) is 9.18 Å². The zero-order valence-electron chi connectivity index (χ0n) is 9.25. The summed E-state index contributed by atoms with van der Waals surface area (Å²) in [5, 5.41) is 11.1. The van der Waals surface area contributed by atoms with Gasteiger partial charge in [0, 0.05) is 13.2 Å². The third kappa shape index (κ3) is 3.16. The Bertz CT molecular complexity index is 485. The number of anilines is 1. The van der Waals surface area contributed by atoms with Crippen LogP contribution in [0.4, 0.5) is 10.1 Å². The van der Waals surface area contributed by atoms with Crippen LogP contribution in [0.25, 0.3) is 0 Å². The first-order valence-corrected chi connectivity index (χ1v) is 5.10. The molecule has 1 aromatic rings. The third-order valence-corrected chi connectivity index (χ3v) is 2.45. The summed E-state index contributed by atoms with van der Waals surface area (Å²) in [6, 6.07) is 3.98. The van der Waals surface area contributed by atoms with Crippen molar-refractivity contribution in [3.63, 3.8) is 0 Å². The molecule has 1 aromatic carbocycles. The van der Waals surface area contributed by atoms with Gasteiger partial charge in [0.25, 0.3) is 5.91 Å². The molecule has 0 fully saturated rings. The van der Waals surface area contributed by atoms with Crippen LogP contribution in [0.1, 0.15) is 12.5 Å². The van der Waals surface area contributed by atoms with Gasteiger partial charge in [0.05, 0.1) is 16.3 Å². The number of carbonyl (C=O) groups is 1. The number of hydrogen-bond acceptors (Lipinski definition) is 3. The molecule has 0 saturated heterocycles. The Labute approximate surface area is 103 Å². The minimum atomic E-state index is -0.703. The number of rotatable bonds is 3. The predicted octanol–water partition coefficient (Wildman–Crippen LogP) is 2.32. The average molecular weight is 257 g/mol. The smallest absolute Gasteiger partial charge is 0.253 e. The van der Waals surface area contributed by atoms with Crippen LogP contribution in [-0.2, 0) is 9.53 Å². The zero-order chi connectivity index (χ0) is 13.0. The Morgan fingerprint density at radius 3 is 2.82 bits per heavy atom. The first-order valence-electron chi connectivity index (χ1n) is 4.72. The molecular formula is C11H10ClFN2O2. The number of halogens is 2. The second-order valence-electron chi connectivity index (χ2n) is 3.29. The van der Waals surface area contributed by atoms with Gasteiger partial charge >= 0.3 is 0 Å². The number of methoxy groups -OCH3 is 1. The molecule has 0 radical (unpaired) electrons. The maximum Gasteiger partial charge on any atom is 0.253 e. The molecule has 1 rings (SSSR count). The summed E-state index contributed by atoms with van der Waals surface area (Å²) in [7, 11) is 1.37. The highest BCUT2D eigenvalue weighted by molar-refractivity contribution is 6.31. The van der Waals surface area contributed by atoms with E-state index in [0.29, 0.717) is 0 Å². The highest BCUT2D eigenvalue weighted by Crippen LogP contribution is 2.23. The average Bonchev–Trinajstić information content (AvgIpc) is 2.32.